The number of carbonyl (C=O) groups excluding carboxylic acids is 1. The second-order valence-corrected chi connectivity index (χ2v) is 7.21. The number of carbonyl (C=O) groups is 1. The van der Waals surface area contributed by atoms with Crippen LogP contribution in [0.25, 0.3) is 0 Å². The Kier molecular flexibility index (Phi) is 4.19. The predicted molar refractivity (Wildman–Crippen MR) is 92.0 cm³/mol. The standard InChI is InChI=1S/C17H18N2O4S/c1-3-12-4-7-14(8-5-12)24(21,22)18-13-6-9-16-15(10-13)19(2)17(20)11-23-16/h4-10,18H,3,11H2,1-2H3. The molecular weight excluding hydrogens is 328 g/mol. The van der Waals surface area contributed by atoms with Crippen LogP contribution in [0.15, 0.2) is 47.4 Å². The highest BCUT2D eigenvalue weighted by Crippen LogP contribution is 2.34. The van der Waals surface area contributed by atoms with Gasteiger partial charge in [0, 0.05) is 7.05 Å². The monoisotopic (exact) mass is 346 g/mol. The lowest BCUT2D eigenvalue weighted by Crippen LogP contribution is -2.35. The summed E-state index contributed by atoms with van der Waals surface area (Å²) in [5.41, 5.74) is 1.98. The normalized spacial score (nSPS) is 14.1. The largest absolute Gasteiger partial charge is 0.482 e. The van der Waals surface area contributed by atoms with Crippen molar-refractivity contribution in [3.63, 3.8) is 0 Å². The van der Waals surface area contributed by atoms with Gasteiger partial charge in [0.1, 0.15) is 5.75 Å². The number of anilines is 2. The number of amides is 1. The summed E-state index contributed by atoms with van der Waals surface area (Å²) in [7, 11) is -2.06. The van der Waals surface area contributed by atoms with Crippen molar-refractivity contribution in [2.45, 2.75) is 18.2 Å². The average Bonchev–Trinajstić information content (AvgIpc) is 2.58. The molecule has 0 aliphatic carbocycles. The van der Waals surface area contributed by atoms with Gasteiger partial charge >= 0.3 is 0 Å². The number of hydrogen-bond acceptors (Lipinski definition) is 4. The summed E-state index contributed by atoms with van der Waals surface area (Å²) in [6.07, 6.45) is 0.846. The van der Waals surface area contributed by atoms with E-state index in [1.54, 1.807) is 49.5 Å². The zero-order valence-electron chi connectivity index (χ0n) is 13.4. The molecule has 0 unspecified atom stereocenters. The first kappa shape index (κ1) is 16.3. The molecule has 3 rings (SSSR count). The molecule has 0 bridgehead atoms. The van der Waals surface area contributed by atoms with Crippen molar-refractivity contribution in [3.05, 3.63) is 48.0 Å². The number of likely N-dealkylation sites (N-methyl/N-ethyl adjacent to an activating group) is 1. The third-order valence-corrected chi connectivity index (χ3v) is 5.34. The van der Waals surface area contributed by atoms with Crippen LogP contribution in [-0.2, 0) is 21.2 Å². The lowest BCUT2D eigenvalue weighted by molar-refractivity contribution is -0.120. The van der Waals surface area contributed by atoms with Crippen molar-refractivity contribution in [1.82, 2.24) is 0 Å². The Bertz CT molecular complexity index is 876. The van der Waals surface area contributed by atoms with Gasteiger partial charge in [0.2, 0.25) is 0 Å². The van der Waals surface area contributed by atoms with Crippen molar-refractivity contribution in [2.24, 2.45) is 0 Å². The van der Waals surface area contributed by atoms with Crippen molar-refractivity contribution in [1.29, 1.82) is 0 Å². The van der Waals surface area contributed by atoms with Crippen molar-refractivity contribution < 1.29 is 17.9 Å². The second-order valence-electron chi connectivity index (χ2n) is 5.53. The molecule has 0 spiro atoms. The molecule has 1 N–H and O–H groups in total. The van der Waals surface area contributed by atoms with E-state index in [1.807, 2.05) is 6.92 Å². The van der Waals surface area contributed by atoms with E-state index < -0.39 is 10.0 Å². The molecule has 24 heavy (non-hydrogen) atoms. The summed E-state index contributed by atoms with van der Waals surface area (Å²) < 4.78 is 32.9. The lowest BCUT2D eigenvalue weighted by Gasteiger charge is -2.26. The van der Waals surface area contributed by atoms with Crippen LogP contribution in [0, 0.1) is 0 Å². The number of aryl methyl sites for hydroxylation is 1. The first-order valence-corrected chi connectivity index (χ1v) is 9.04. The summed E-state index contributed by atoms with van der Waals surface area (Å²) in [6, 6.07) is 11.6. The van der Waals surface area contributed by atoms with Crippen LogP contribution in [-0.4, -0.2) is 28.0 Å². The smallest absolute Gasteiger partial charge is 0.264 e. The fourth-order valence-electron chi connectivity index (χ4n) is 2.45. The molecular formula is C17H18N2O4S. The van der Waals surface area contributed by atoms with E-state index in [0.29, 0.717) is 17.1 Å². The topological polar surface area (TPSA) is 75.7 Å². The molecule has 2 aromatic carbocycles. The van der Waals surface area contributed by atoms with Gasteiger partial charge in [-0.25, -0.2) is 8.42 Å². The molecule has 1 aliphatic heterocycles. The average molecular weight is 346 g/mol. The van der Waals surface area contributed by atoms with Gasteiger partial charge in [-0.05, 0) is 42.3 Å². The van der Waals surface area contributed by atoms with Gasteiger partial charge in [0.25, 0.3) is 15.9 Å². The van der Waals surface area contributed by atoms with E-state index in [1.165, 1.54) is 4.90 Å². The number of rotatable bonds is 4. The Morgan fingerprint density at radius 3 is 2.54 bits per heavy atom. The summed E-state index contributed by atoms with van der Waals surface area (Å²) in [5.74, 6) is 0.366. The van der Waals surface area contributed by atoms with Crippen LogP contribution in [0.3, 0.4) is 0 Å². The van der Waals surface area contributed by atoms with Crippen LogP contribution in [0.4, 0.5) is 11.4 Å². The highest BCUT2D eigenvalue weighted by Gasteiger charge is 2.23. The Morgan fingerprint density at radius 2 is 1.88 bits per heavy atom. The quantitative estimate of drug-likeness (QED) is 0.922. The van der Waals surface area contributed by atoms with Gasteiger partial charge in [0.05, 0.1) is 16.3 Å². The molecule has 0 saturated carbocycles. The number of hydrogen-bond donors (Lipinski definition) is 1. The molecule has 7 heteroatoms. The number of sulfonamides is 1. The minimum Gasteiger partial charge on any atom is -0.482 e. The predicted octanol–water partition coefficient (Wildman–Crippen LogP) is 2.41. The Hall–Kier alpha value is -2.54. The molecule has 1 aliphatic rings. The zero-order valence-corrected chi connectivity index (χ0v) is 14.3. The Labute approximate surface area is 141 Å². The second kappa shape index (κ2) is 6.16. The maximum absolute atomic E-state index is 12.5. The van der Waals surface area contributed by atoms with Gasteiger partial charge in [-0.3, -0.25) is 9.52 Å². The molecule has 0 radical (unpaired) electrons. The van der Waals surface area contributed by atoms with Gasteiger partial charge in [-0.2, -0.15) is 0 Å². The first-order chi connectivity index (χ1) is 11.4. The molecule has 0 fully saturated rings. The zero-order chi connectivity index (χ0) is 17.3. The van der Waals surface area contributed by atoms with E-state index >= 15 is 0 Å². The highest BCUT2D eigenvalue weighted by atomic mass is 32.2. The highest BCUT2D eigenvalue weighted by molar-refractivity contribution is 7.92. The van der Waals surface area contributed by atoms with Gasteiger partial charge in [-0.15, -0.1) is 0 Å². The van der Waals surface area contributed by atoms with Gasteiger partial charge < -0.3 is 9.64 Å². The lowest BCUT2D eigenvalue weighted by atomic mass is 10.2. The molecule has 0 saturated heterocycles. The number of nitrogens with zero attached hydrogens (tertiary/aromatic N) is 1. The summed E-state index contributed by atoms with van der Waals surface area (Å²) in [5, 5.41) is 0. The van der Waals surface area contributed by atoms with Gasteiger partial charge in [-0.1, -0.05) is 19.1 Å². The minimum atomic E-state index is -3.69. The summed E-state index contributed by atoms with van der Waals surface area (Å²) >= 11 is 0. The number of benzene rings is 2. The van der Waals surface area contributed by atoms with Crippen LogP contribution < -0.4 is 14.4 Å². The number of nitrogens with one attached hydrogen (secondary N) is 1. The molecule has 1 heterocycles. The van der Waals surface area contributed by atoms with E-state index in [-0.39, 0.29) is 17.4 Å². The van der Waals surface area contributed by atoms with E-state index in [2.05, 4.69) is 4.72 Å². The van der Waals surface area contributed by atoms with Crippen LogP contribution in [0.1, 0.15) is 12.5 Å². The Morgan fingerprint density at radius 1 is 1.17 bits per heavy atom. The first-order valence-electron chi connectivity index (χ1n) is 7.56. The third-order valence-electron chi connectivity index (χ3n) is 3.94. The van der Waals surface area contributed by atoms with Crippen LogP contribution in [0.5, 0.6) is 5.75 Å². The molecule has 1 amide bonds. The van der Waals surface area contributed by atoms with Gasteiger partial charge in [0.15, 0.2) is 6.61 Å². The SMILES string of the molecule is CCc1ccc(S(=O)(=O)Nc2ccc3c(c2)N(C)C(=O)CO3)cc1. The van der Waals surface area contributed by atoms with Crippen LogP contribution >= 0.6 is 0 Å². The molecule has 126 valence electrons. The maximum atomic E-state index is 12.5. The van der Waals surface area contributed by atoms with E-state index in [9.17, 15) is 13.2 Å². The fraction of sp³-hybridized carbons (Fsp3) is 0.235. The van der Waals surface area contributed by atoms with Crippen molar-refractivity contribution >= 4 is 27.3 Å². The number of ether oxygens (including phenoxy) is 1. The molecule has 0 aromatic heterocycles. The Balaban J connectivity index is 1.88. The fourth-order valence-corrected chi connectivity index (χ4v) is 3.50. The number of fused-ring (bicyclic) bond motifs is 1. The molecule has 0 atom stereocenters. The summed E-state index contributed by atoms with van der Waals surface area (Å²) in [6.45, 7) is 1.99. The van der Waals surface area contributed by atoms with Crippen molar-refractivity contribution in [2.75, 3.05) is 23.3 Å². The minimum absolute atomic E-state index is 0.0155. The third kappa shape index (κ3) is 3.07. The van der Waals surface area contributed by atoms with Crippen LogP contribution in [0.2, 0.25) is 0 Å². The maximum Gasteiger partial charge on any atom is 0.264 e. The molecule has 2 aromatic rings. The molecule has 6 nitrogen and oxygen atoms in total. The van der Waals surface area contributed by atoms with Crippen molar-refractivity contribution in [3.8, 4) is 5.75 Å². The van der Waals surface area contributed by atoms with E-state index in [0.717, 1.165) is 12.0 Å². The van der Waals surface area contributed by atoms with E-state index in [4.69, 9.17) is 4.74 Å². The summed E-state index contributed by atoms with van der Waals surface area (Å²) in [4.78, 5) is 13.3.